The first-order valence-corrected chi connectivity index (χ1v) is 7.75. The molecule has 3 nitrogen and oxygen atoms in total. The summed E-state index contributed by atoms with van der Waals surface area (Å²) in [4.78, 5) is 0. The Kier molecular flexibility index (Phi) is 4.31. The molecule has 0 saturated heterocycles. The predicted octanol–water partition coefficient (Wildman–Crippen LogP) is 5.10. The molecule has 5 heteroatoms. The normalized spacial score (nSPS) is 12.3. The minimum atomic E-state index is -0.364. The van der Waals surface area contributed by atoms with Gasteiger partial charge < -0.3 is 0 Å². The molecule has 0 saturated carbocycles. The van der Waals surface area contributed by atoms with Crippen molar-refractivity contribution in [3.63, 3.8) is 0 Å². The van der Waals surface area contributed by atoms with E-state index in [0.717, 1.165) is 22.2 Å². The summed E-state index contributed by atoms with van der Waals surface area (Å²) in [5.41, 5.74) is 3.28. The van der Waals surface area contributed by atoms with Crippen LogP contribution >= 0.6 is 11.6 Å². The Labute approximate surface area is 138 Å². The van der Waals surface area contributed by atoms with Crippen LogP contribution in [0.25, 0.3) is 10.9 Å². The van der Waals surface area contributed by atoms with E-state index in [4.69, 9.17) is 16.9 Å². The first-order valence-electron chi connectivity index (χ1n) is 7.37. The van der Waals surface area contributed by atoms with Crippen LogP contribution in [0.15, 0.2) is 36.4 Å². The second-order valence-corrected chi connectivity index (χ2v) is 5.96. The number of hydrogen-bond donors (Lipinski definition) is 1. The molecule has 0 aliphatic rings. The number of halogens is 2. The van der Waals surface area contributed by atoms with Crippen LogP contribution in [-0.4, -0.2) is 10.2 Å². The summed E-state index contributed by atoms with van der Waals surface area (Å²) >= 11 is 5.86. The topological polar surface area (TPSA) is 52.5 Å². The van der Waals surface area contributed by atoms with Crippen LogP contribution in [0.2, 0.25) is 5.02 Å². The van der Waals surface area contributed by atoms with Gasteiger partial charge in [-0.1, -0.05) is 29.8 Å². The zero-order chi connectivity index (χ0) is 16.4. The van der Waals surface area contributed by atoms with Crippen LogP contribution in [0.4, 0.5) is 4.39 Å². The Balaban J connectivity index is 2.17. The first kappa shape index (κ1) is 15.5. The Morgan fingerprint density at radius 1 is 1.35 bits per heavy atom. The molecule has 1 N–H and O–H groups in total. The largest absolute Gasteiger partial charge is 0.281 e. The molecule has 0 radical (unpaired) electrons. The predicted molar refractivity (Wildman–Crippen MR) is 88.9 cm³/mol. The van der Waals surface area contributed by atoms with Crippen molar-refractivity contribution in [1.29, 1.82) is 5.26 Å². The highest BCUT2D eigenvalue weighted by molar-refractivity contribution is 6.30. The van der Waals surface area contributed by atoms with Gasteiger partial charge in [0.15, 0.2) is 0 Å². The minimum absolute atomic E-state index is 0.266. The lowest BCUT2D eigenvalue weighted by atomic mass is 9.88. The van der Waals surface area contributed by atoms with Gasteiger partial charge in [0.25, 0.3) is 0 Å². The lowest BCUT2D eigenvalue weighted by Crippen LogP contribution is -2.05. The maximum Gasteiger partial charge on any atom is 0.128 e. The summed E-state index contributed by atoms with van der Waals surface area (Å²) in [5.74, 6) is -0.630. The molecule has 3 rings (SSSR count). The van der Waals surface area contributed by atoms with Crippen LogP contribution < -0.4 is 0 Å². The van der Waals surface area contributed by atoms with Crippen molar-refractivity contribution in [3.05, 3.63) is 64.1 Å². The molecule has 0 amide bonds. The summed E-state index contributed by atoms with van der Waals surface area (Å²) in [5, 5.41) is 17.7. The highest BCUT2D eigenvalue weighted by Gasteiger charge is 2.23. The fourth-order valence-corrected chi connectivity index (χ4v) is 3.13. The molecule has 0 spiro atoms. The van der Waals surface area contributed by atoms with Crippen LogP contribution in [-0.2, 0) is 0 Å². The summed E-state index contributed by atoms with van der Waals surface area (Å²) in [6.45, 7) is 2.00. The Bertz CT molecular complexity index is 895. The molecule has 0 fully saturated rings. The second kappa shape index (κ2) is 6.39. The second-order valence-electron chi connectivity index (χ2n) is 5.52. The zero-order valence-electron chi connectivity index (χ0n) is 12.6. The van der Waals surface area contributed by atoms with E-state index in [1.54, 1.807) is 12.1 Å². The van der Waals surface area contributed by atoms with E-state index in [1.165, 1.54) is 6.07 Å². The average Bonchev–Trinajstić information content (AvgIpc) is 2.95. The van der Waals surface area contributed by atoms with Gasteiger partial charge in [-0.25, -0.2) is 4.39 Å². The smallest absolute Gasteiger partial charge is 0.128 e. The molecule has 0 aliphatic heterocycles. The number of nitrogens with one attached hydrogen (secondary N) is 1. The fraction of sp³-hybridized carbons (Fsp3) is 0.222. The Morgan fingerprint density at radius 3 is 2.91 bits per heavy atom. The molecule has 23 heavy (non-hydrogen) atoms. The zero-order valence-corrected chi connectivity index (χ0v) is 13.4. The van der Waals surface area contributed by atoms with Crippen LogP contribution in [0, 0.1) is 24.1 Å². The number of aromatic nitrogens is 2. The van der Waals surface area contributed by atoms with Gasteiger partial charge in [0.05, 0.1) is 17.3 Å². The number of H-pyrrole nitrogens is 1. The van der Waals surface area contributed by atoms with Crippen molar-refractivity contribution in [2.24, 2.45) is 0 Å². The van der Waals surface area contributed by atoms with Crippen molar-refractivity contribution in [2.45, 2.75) is 25.7 Å². The van der Waals surface area contributed by atoms with E-state index in [-0.39, 0.29) is 11.7 Å². The molecule has 0 bridgehead atoms. The summed E-state index contributed by atoms with van der Waals surface area (Å²) in [6.07, 6.45) is 0.847. The number of fused-ring (bicyclic) bond motifs is 1. The number of aryl methyl sites for hydroxylation is 1. The Hall–Kier alpha value is -2.38. The lowest BCUT2D eigenvalue weighted by Gasteiger charge is -2.17. The van der Waals surface area contributed by atoms with Gasteiger partial charge in [-0.05, 0) is 42.7 Å². The molecule has 3 aromatic rings. The van der Waals surface area contributed by atoms with Crippen molar-refractivity contribution < 1.29 is 4.39 Å². The maximum absolute atomic E-state index is 14.4. The fourth-order valence-electron chi connectivity index (χ4n) is 2.97. The number of benzene rings is 2. The number of nitriles is 1. The SMILES string of the molecule is Cc1cccc2n[nH]c(C(CCC#N)c3ccc(Cl)cc3F)c12. The first-order chi connectivity index (χ1) is 11.1. The van der Waals surface area contributed by atoms with Gasteiger partial charge in [0.1, 0.15) is 5.82 Å². The van der Waals surface area contributed by atoms with Gasteiger partial charge in [-0.2, -0.15) is 10.4 Å². The monoisotopic (exact) mass is 327 g/mol. The van der Waals surface area contributed by atoms with Crippen molar-refractivity contribution in [2.75, 3.05) is 0 Å². The van der Waals surface area contributed by atoms with E-state index in [9.17, 15) is 4.39 Å². The van der Waals surface area contributed by atoms with Crippen molar-refractivity contribution in [3.8, 4) is 6.07 Å². The van der Waals surface area contributed by atoms with E-state index in [0.29, 0.717) is 23.4 Å². The molecule has 116 valence electrons. The Morgan fingerprint density at radius 2 is 2.17 bits per heavy atom. The van der Waals surface area contributed by atoms with E-state index < -0.39 is 0 Å². The molecule has 1 atom stereocenters. The van der Waals surface area contributed by atoms with Gasteiger partial charge in [-0.3, -0.25) is 5.10 Å². The third-order valence-corrected chi connectivity index (χ3v) is 4.28. The van der Waals surface area contributed by atoms with E-state index in [1.807, 2.05) is 25.1 Å². The van der Waals surface area contributed by atoms with Gasteiger partial charge in [0.2, 0.25) is 0 Å². The van der Waals surface area contributed by atoms with Crippen LogP contribution in [0.1, 0.15) is 35.6 Å². The third-order valence-electron chi connectivity index (χ3n) is 4.05. The highest BCUT2D eigenvalue weighted by Crippen LogP contribution is 2.35. The molecule has 0 aliphatic carbocycles. The lowest BCUT2D eigenvalue weighted by molar-refractivity contribution is 0.584. The third kappa shape index (κ3) is 2.93. The average molecular weight is 328 g/mol. The standard InChI is InChI=1S/C18H15ClFN3/c1-11-4-2-6-16-17(11)18(23-22-16)14(5-3-9-21)13-8-7-12(19)10-15(13)20/h2,4,6-8,10,14H,3,5H2,1H3,(H,22,23). The van der Waals surface area contributed by atoms with Gasteiger partial charge in [0, 0.05) is 22.7 Å². The maximum atomic E-state index is 14.4. The molecule has 2 aromatic carbocycles. The van der Waals surface area contributed by atoms with Gasteiger partial charge in [-0.15, -0.1) is 0 Å². The molecule has 1 aromatic heterocycles. The summed E-state index contributed by atoms with van der Waals surface area (Å²) in [7, 11) is 0. The number of nitrogens with zero attached hydrogens (tertiary/aromatic N) is 2. The van der Waals surface area contributed by atoms with Crippen LogP contribution in [0.5, 0.6) is 0 Å². The molecule has 1 heterocycles. The number of rotatable bonds is 4. The molecular weight excluding hydrogens is 313 g/mol. The highest BCUT2D eigenvalue weighted by atomic mass is 35.5. The number of hydrogen-bond acceptors (Lipinski definition) is 2. The molecule has 1 unspecified atom stereocenters. The van der Waals surface area contributed by atoms with Crippen molar-refractivity contribution in [1.82, 2.24) is 10.2 Å². The quantitative estimate of drug-likeness (QED) is 0.724. The van der Waals surface area contributed by atoms with Crippen LogP contribution in [0.3, 0.4) is 0 Å². The summed E-state index contributed by atoms with van der Waals surface area (Å²) in [6, 6.07) is 12.7. The van der Waals surface area contributed by atoms with Crippen molar-refractivity contribution >= 4 is 22.5 Å². The minimum Gasteiger partial charge on any atom is -0.281 e. The van der Waals surface area contributed by atoms with E-state index in [2.05, 4.69) is 16.3 Å². The summed E-state index contributed by atoms with van der Waals surface area (Å²) < 4.78 is 14.4. The molecular formula is C18H15ClFN3. The number of aromatic amines is 1. The van der Waals surface area contributed by atoms with E-state index >= 15 is 0 Å². The van der Waals surface area contributed by atoms with Gasteiger partial charge >= 0.3 is 0 Å².